The van der Waals surface area contributed by atoms with Crippen LogP contribution in [-0.2, 0) is 5.41 Å². The first-order chi connectivity index (χ1) is 29.2. The summed E-state index contributed by atoms with van der Waals surface area (Å²) in [6.45, 7) is 0. The molecule has 2 heterocycles. The highest BCUT2D eigenvalue weighted by atomic mass is 15.0. The summed E-state index contributed by atoms with van der Waals surface area (Å²) in [6.07, 6.45) is 0. The van der Waals surface area contributed by atoms with Crippen molar-refractivity contribution in [1.29, 1.82) is 0 Å². The molecular formula is C42H14B16N4. The summed E-state index contributed by atoms with van der Waals surface area (Å²) in [4.78, 5) is 14.7. The van der Waals surface area contributed by atoms with Gasteiger partial charge in [-0.25, -0.2) is 15.0 Å². The van der Waals surface area contributed by atoms with Crippen molar-refractivity contribution in [2.75, 3.05) is 0 Å². The molecule has 0 unspecified atom stereocenters. The third-order valence-corrected chi connectivity index (χ3v) is 11.9. The monoisotopic (exact) mass is 750 g/mol. The molecule has 0 atom stereocenters. The van der Waals surface area contributed by atoms with Gasteiger partial charge in [-0.15, -0.1) is 32.1 Å². The largest absolute Gasteiger partial charge is 0.310 e. The molecule has 0 spiro atoms. The number of fused-ring (bicyclic) bond motifs is 6. The van der Waals surface area contributed by atoms with Gasteiger partial charge in [-0.05, 0) is 45.2 Å². The van der Waals surface area contributed by atoms with Crippen LogP contribution in [0.5, 0.6) is 0 Å². The molecule has 0 N–H and O–H groups in total. The smallest absolute Gasteiger partial charge is 0.164 e. The van der Waals surface area contributed by atoms with E-state index in [0.29, 0.717) is 28.7 Å². The van der Waals surface area contributed by atoms with Crippen molar-refractivity contribution in [1.82, 2.24) is 19.5 Å². The van der Waals surface area contributed by atoms with Crippen molar-refractivity contribution in [2.24, 2.45) is 0 Å². The molecule has 250 valence electrons. The molecule has 6 aromatic carbocycles. The number of nitrogens with zero attached hydrogens (tertiary/aromatic N) is 4. The predicted molar refractivity (Wildman–Crippen MR) is 270 cm³/mol. The molecule has 9 rings (SSSR count). The van der Waals surface area contributed by atoms with Gasteiger partial charge in [0.2, 0.25) is 0 Å². The summed E-state index contributed by atoms with van der Waals surface area (Å²) in [5, 5.41) is -4.35. The second-order valence-corrected chi connectivity index (χ2v) is 15.6. The fraction of sp³-hybridized carbons (Fsp3) is 0.0714. The Morgan fingerprint density at radius 1 is 0.387 bits per heavy atom. The highest BCUT2D eigenvalue weighted by molar-refractivity contribution is 6.71. The first kappa shape index (κ1) is 42.5. The van der Waals surface area contributed by atoms with Crippen LogP contribution in [0.2, 0.25) is 10.2 Å². The van der Waals surface area contributed by atoms with Crippen LogP contribution in [0.15, 0.2) is 84.9 Å². The van der Waals surface area contributed by atoms with Crippen molar-refractivity contribution in [3.05, 3.63) is 96.1 Å². The van der Waals surface area contributed by atoms with E-state index in [1.165, 1.54) is 0 Å². The molecule has 1 aliphatic rings. The highest BCUT2D eigenvalue weighted by Gasteiger charge is 2.57. The zero-order chi connectivity index (χ0) is 44.5. The Kier molecular flexibility index (Phi) is 10.0. The Balaban J connectivity index is 1.45. The molecule has 0 amide bonds. The van der Waals surface area contributed by atoms with Crippen LogP contribution in [0.4, 0.5) is 0 Å². The predicted octanol–water partition coefficient (Wildman–Crippen LogP) is -4.67. The van der Waals surface area contributed by atoms with Gasteiger partial charge < -0.3 is 4.57 Å². The lowest BCUT2D eigenvalue weighted by Gasteiger charge is -2.57. The van der Waals surface area contributed by atoms with Crippen LogP contribution in [-0.4, -0.2) is 145 Å². The van der Waals surface area contributed by atoms with Crippen LogP contribution in [0.3, 0.4) is 0 Å². The van der Waals surface area contributed by atoms with Crippen LogP contribution in [0.1, 0.15) is 11.1 Å². The minimum Gasteiger partial charge on any atom is -0.310 e. The molecule has 62 heavy (non-hydrogen) atoms. The lowest BCUT2D eigenvalue weighted by atomic mass is 9.17. The maximum atomic E-state index is 7.43. The summed E-state index contributed by atoms with van der Waals surface area (Å²) in [5.41, 5.74) is 0.518. The Hall–Kier alpha value is -4.83. The second kappa shape index (κ2) is 14.6. The lowest BCUT2D eigenvalue weighted by Crippen LogP contribution is -2.59. The third-order valence-electron chi connectivity index (χ3n) is 11.9. The third kappa shape index (κ3) is 5.79. The number of hydrogen-bond donors (Lipinski definition) is 0. The molecule has 0 saturated carbocycles. The molecule has 1 aliphatic carbocycles. The van der Waals surface area contributed by atoms with Crippen LogP contribution in [0, 0.1) is 0 Å². The van der Waals surface area contributed by atoms with E-state index in [1.807, 2.05) is 72.8 Å². The first-order valence-corrected chi connectivity index (χ1v) is 19.0. The van der Waals surface area contributed by atoms with Gasteiger partial charge in [-0.1, -0.05) is 106 Å². The van der Waals surface area contributed by atoms with Crippen LogP contribution >= 0.6 is 0 Å². The lowest BCUT2D eigenvalue weighted by molar-refractivity contribution is 0.540. The van der Waals surface area contributed by atoms with E-state index in [-0.39, 0.29) is 98.7 Å². The molecule has 32 radical (unpaired) electrons. The van der Waals surface area contributed by atoms with Gasteiger partial charge in [-0.2, -0.15) is 0 Å². The first-order valence-electron chi connectivity index (χ1n) is 19.0. The maximum absolute atomic E-state index is 7.43. The van der Waals surface area contributed by atoms with E-state index in [2.05, 4.69) is 0 Å². The average molecular weight is 748 g/mol. The number of hydrogen-bond acceptors (Lipinski definition) is 3. The number of rotatable bonds is 6. The quantitative estimate of drug-likeness (QED) is 0.161. The van der Waals surface area contributed by atoms with E-state index in [9.17, 15) is 0 Å². The number of aromatic nitrogens is 4. The zero-order valence-electron chi connectivity index (χ0n) is 33.1. The fourth-order valence-electron chi connectivity index (χ4n) is 9.15. The minimum atomic E-state index is -2.45. The molecule has 0 fully saturated rings. The zero-order valence-corrected chi connectivity index (χ0v) is 33.1. The van der Waals surface area contributed by atoms with Crippen molar-refractivity contribution in [3.63, 3.8) is 0 Å². The Morgan fingerprint density at radius 2 is 0.790 bits per heavy atom. The van der Waals surface area contributed by atoms with Crippen molar-refractivity contribution >= 4 is 202 Å². The topological polar surface area (TPSA) is 43.6 Å². The summed E-state index contributed by atoms with van der Waals surface area (Å²) in [5.74, 6) is 1.24. The SMILES string of the molecule is [B]c1c([B])c([B])c2c(c1[B])-c1c(c([B])c3c(c1[B])c1c([B])c([B])c([B])c([B])c1n3-c1cccc(-c3nc(-c4ccccc4)nc(-c4ccccc4)n3)c1)C2(C([B])([B])[B])C([B])([B])[B]. The van der Waals surface area contributed by atoms with Gasteiger partial charge in [0.1, 0.15) is 78.5 Å². The molecule has 0 aliphatic heterocycles. The normalized spacial score (nSPS) is 13.4. The molecule has 4 nitrogen and oxygen atoms in total. The fourth-order valence-corrected chi connectivity index (χ4v) is 9.15. The Morgan fingerprint density at radius 3 is 1.32 bits per heavy atom. The average Bonchev–Trinajstić information content (AvgIpc) is 3.80. The van der Waals surface area contributed by atoms with E-state index in [4.69, 9.17) is 140 Å². The van der Waals surface area contributed by atoms with Gasteiger partial charge in [0.25, 0.3) is 0 Å². The molecule has 2 aromatic heterocycles. The van der Waals surface area contributed by atoms with Gasteiger partial charge in [0.15, 0.2) is 17.5 Å². The van der Waals surface area contributed by atoms with E-state index in [0.717, 1.165) is 11.1 Å². The number of benzene rings is 6. The second-order valence-electron chi connectivity index (χ2n) is 15.6. The molecule has 0 saturated heterocycles. The summed E-state index contributed by atoms with van der Waals surface area (Å²) in [6, 6.07) is 26.3. The maximum Gasteiger partial charge on any atom is 0.164 e. The van der Waals surface area contributed by atoms with Crippen LogP contribution < -0.4 is 54.6 Å². The van der Waals surface area contributed by atoms with Gasteiger partial charge >= 0.3 is 0 Å². The molecule has 0 bridgehead atoms. The van der Waals surface area contributed by atoms with E-state index in [1.54, 1.807) is 16.7 Å². The van der Waals surface area contributed by atoms with Crippen molar-refractivity contribution < 1.29 is 0 Å². The summed E-state index contributed by atoms with van der Waals surface area (Å²) in [7, 11) is 108. The van der Waals surface area contributed by atoms with Gasteiger partial charge in [0.05, 0.1) is 47.1 Å². The van der Waals surface area contributed by atoms with E-state index < -0.39 is 15.6 Å². The minimum absolute atomic E-state index is 0.00125. The Bertz CT molecular complexity index is 3140. The van der Waals surface area contributed by atoms with Gasteiger partial charge in [-0.3, -0.25) is 0 Å². The summed E-state index contributed by atoms with van der Waals surface area (Å²) >= 11 is 0. The molecular weight excluding hydrogens is 733 g/mol. The van der Waals surface area contributed by atoms with Crippen molar-refractivity contribution in [3.8, 4) is 51.0 Å². The Labute approximate surface area is 382 Å². The summed E-state index contributed by atoms with van der Waals surface area (Å²) < 4.78 is 1.71. The van der Waals surface area contributed by atoms with E-state index >= 15 is 0 Å². The molecule has 20 heteroatoms. The standard InChI is InChI=1S/C42H14B16N4/c43-25-19-20-23(28(46)32(50)30(48)26(20)44)40(41(53,54)55,42(56,57)58)24(19)29(47)35-21(25)22-27(45)31(49)33(51)34(52)36(22)62(35)18-13-7-12-17(14-18)39-60-37(15-8-3-1-4-9-15)59-38(61-39)16-10-5-2-6-11-16/h1-14H. The molecule has 8 aromatic rings. The van der Waals surface area contributed by atoms with Crippen LogP contribution in [0.25, 0.3) is 72.8 Å². The van der Waals surface area contributed by atoms with Gasteiger partial charge in [0, 0.05) is 38.8 Å². The van der Waals surface area contributed by atoms with Crippen molar-refractivity contribution in [2.45, 2.75) is 15.6 Å². The highest BCUT2D eigenvalue weighted by Crippen LogP contribution is 2.63.